The lowest BCUT2D eigenvalue weighted by Crippen LogP contribution is -2.11. The number of carbonyl (C=O) groups is 1. The Hall–Kier alpha value is -0.790. The van der Waals surface area contributed by atoms with Crippen LogP contribution in [0.4, 0.5) is 5.13 Å². The first-order chi connectivity index (χ1) is 7.74. The van der Waals surface area contributed by atoms with E-state index in [1.807, 2.05) is 11.4 Å². The molecular weight excluding hydrogens is 310 g/mol. The first-order valence-corrected chi connectivity index (χ1v) is 7.08. The van der Waals surface area contributed by atoms with E-state index in [4.69, 9.17) is 0 Å². The molecule has 1 amide bonds. The van der Waals surface area contributed by atoms with Gasteiger partial charge in [0.05, 0.1) is 0 Å². The van der Waals surface area contributed by atoms with Crippen LogP contribution in [0, 0.1) is 0 Å². The molecule has 0 aliphatic carbocycles. The van der Waals surface area contributed by atoms with Crippen LogP contribution in [0.15, 0.2) is 21.4 Å². The number of aromatic nitrogens is 2. The third-order valence-electron chi connectivity index (χ3n) is 1.83. The van der Waals surface area contributed by atoms with Gasteiger partial charge in [-0.1, -0.05) is 11.3 Å². The van der Waals surface area contributed by atoms with Gasteiger partial charge in [0.1, 0.15) is 5.51 Å². The molecule has 0 saturated heterocycles. The summed E-state index contributed by atoms with van der Waals surface area (Å²) in [5, 5.41) is 12.7. The molecule has 84 valence electrons. The Morgan fingerprint density at radius 3 is 3.00 bits per heavy atom. The summed E-state index contributed by atoms with van der Waals surface area (Å²) in [6, 6.07) is 2.03. The van der Waals surface area contributed by atoms with Gasteiger partial charge in [0, 0.05) is 21.2 Å². The van der Waals surface area contributed by atoms with E-state index in [-0.39, 0.29) is 5.91 Å². The Bertz CT molecular complexity index is 469. The molecule has 0 fully saturated rings. The zero-order valence-corrected chi connectivity index (χ0v) is 11.4. The van der Waals surface area contributed by atoms with Gasteiger partial charge in [0.2, 0.25) is 11.0 Å². The smallest absolute Gasteiger partial charge is 0.226 e. The molecule has 1 N–H and O–H groups in total. The third-order valence-corrected chi connectivity index (χ3v) is 4.19. The Morgan fingerprint density at radius 2 is 2.38 bits per heavy atom. The van der Waals surface area contributed by atoms with Crippen molar-refractivity contribution in [3.63, 3.8) is 0 Å². The first kappa shape index (κ1) is 11.7. The summed E-state index contributed by atoms with van der Waals surface area (Å²) in [5.74, 6) is -0.0266. The molecule has 0 atom stereocenters. The summed E-state index contributed by atoms with van der Waals surface area (Å²) >= 11 is 6.35. The molecule has 0 bridgehead atoms. The highest BCUT2D eigenvalue weighted by Gasteiger charge is 2.06. The molecule has 4 nitrogen and oxygen atoms in total. The van der Waals surface area contributed by atoms with Gasteiger partial charge in [0.15, 0.2) is 0 Å². The lowest BCUT2D eigenvalue weighted by molar-refractivity contribution is -0.116. The van der Waals surface area contributed by atoms with Crippen LogP contribution in [0.25, 0.3) is 0 Å². The van der Waals surface area contributed by atoms with Gasteiger partial charge >= 0.3 is 0 Å². The lowest BCUT2D eigenvalue weighted by atomic mass is 10.2. The number of carbonyl (C=O) groups excluding carboxylic acids is 1. The van der Waals surface area contributed by atoms with Gasteiger partial charge in [-0.2, -0.15) is 0 Å². The molecule has 0 radical (unpaired) electrons. The zero-order valence-electron chi connectivity index (χ0n) is 8.14. The average Bonchev–Trinajstić information content (AvgIpc) is 2.87. The van der Waals surface area contributed by atoms with Crippen LogP contribution >= 0.6 is 38.6 Å². The standard InChI is InChI=1S/C9H8BrN3OS2/c10-6-3-7(15-4-6)1-2-8(14)12-9-13-11-5-16-9/h3-5H,1-2H2,(H,12,13,14). The van der Waals surface area contributed by atoms with Crippen molar-refractivity contribution in [1.82, 2.24) is 10.2 Å². The summed E-state index contributed by atoms with van der Waals surface area (Å²) < 4.78 is 1.07. The molecule has 0 spiro atoms. The number of nitrogens with zero attached hydrogens (tertiary/aromatic N) is 2. The fourth-order valence-electron chi connectivity index (χ4n) is 1.13. The van der Waals surface area contributed by atoms with Crippen molar-refractivity contribution in [2.75, 3.05) is 5.32 Å². The molecule has 2 heterocycles. The molecule has 7 heteroatoms. The summed E-state index contributed by atoms with van der Waals surface area (Å²) in [5.41, 5.74) is 1.59. The molecule has 2 aromatic heterocycles. The van der Waals surface area contributed by atoms with Crippen molar-refractivity contribution in [2.45, 2.75) is 12.8 Å². The van der Waals surface area contributed by atoms with Gasteiger partial charge in [0.25, 0.3) is 0 Å². The molecule has 0 unspecified atom stereocenters. The van der Waals surface area contributed by atoms with Crippen molar-refractivity contribution >= 4 is 49.6 Å². The van der Waals surface area contributed by atoms with Gasteiger partial charge in [-0.3, -0.25) is 4.79 Å². The molecule has 0 aromatic carbocycles. The summed E-state index contributed by atoms with van der Waals surface area (Å²) in [6.45, 7) is 0. The van der Waals surface area contributed by atoms with Crippen molar-refractivity contribution in [2.24, 2.45) is 0 Å². The van der Waals surface area contributed by atoms with Crippen molar-refractivity contribution in [1.29, 1.82) is 0 Å². The number of anilines is 1. The van der Waals surface area contributed by atoms with E-state index in [9.17, 15) is 4.79 Å². The second-order valence-corrected chi connectivity index (χ2v) is 5.77. The minimum Gasteiger partial charge on any atom is -0.301 e. The number of hydrogen-bond acceptors (Lipinski definition) is 5. The van der Waals surface area contributed by atoms with E-state index < -0.39 is 0 Å². The number of hydrogen-bond donors (Lipinski definition) is 1. The minimum absolute atomic E-state index is 0.0266. The molecule has 2 aromatic rings. The van der Waals surface area contributed by atoms with Crippen molar-refractivity contribution in [3.8, 4) is 0 Å². The number of amides is 1. The summed E-state index contributed by atoms with van der Waals surface area (Å²) in [7, 11) is 0. The normalized spacial score (nSPS) is 10.3. The van der Waals surface area contributed by atoms with E-state index in [1.165, 1.54) is 16.2 Å². The fourth-order valence-corrected chi connectivity index (χ4v) is 3.05. The van der Waals surface area contributed by atoms with Crippen LogP contribution in [0.1, 0.15) is 11.3 Å². The summed E-state index contributed by atoms with van der Waals surface area (Å²) in [6.07, 6.45) is 1.22. The van der Waals surface area contributed by atoms with Gasteiger partial charge < -0.3 is 5.32 Å². The lowest BCUT2D eigenvalue weighted by Gasteiger charge is -1.99. The van der Waals surface area contributed by atoms with Crippen molar-refractivity contribution in [3.05, 3.63) is 26.3 Å². The predicted octanol–water partition coefficient (Wildman–Crippen LogP) is 2.93. The second-order valence-electron chi connectivity index (χ2n) is 3.02. The molecular formula is C9H8BrN3OS2. The van der Waals surface area contributed by atoms with Crippen LogP contribution in [-0.2, 0) is 11.2 Å². The molecule has 0 aliphatic rings. The van der Waals surface area contributed by atoms with E-state index in [0.717, 1.165) is 10.9 Å². The fraction of sp³-hybridized carbons (Fsp3) is 0.222. The predicted molar refractivity (Wildman–Crippen MR) is 68.9 cm³/mol. The maximum Gasteiger partial charge on any atom is 0.226 e. The Kier molecular flexibility index (Phi) is 4.03. The zero-order chi connectivity index (χ0) is 11.4. The Balaban J connectivity index is 1.80. The van der Waals surface area contributed by atoms with E-state index >= 15 is 0 Å². The van der Waals surface area contributed by atoms with Gasteiger partial charge in [-0.05, 0) is 28.4 Å². The SMILES string of the molecule is O=C(CCc1cc(Br)cs1)Nc1nncs1. The highest BCUT2D eigenvalue weighted by atomic mass is 79.9. The minimum atomic E-state index is -0.0266. The quantitative estimate of drug-likeness (QED) is 0.943. The molecule has 0 saturated carbocycles. The summed E-state index contributed by atoms with van der Waals surface area (Å²) in [4.78, 5) is 12.7. The largest absolute Gasteiger partial charge is 0.301 e. The molecule has 0 aliphatic heterocycles. The number of thiophene rings is 1. The second kappa shape index (κ2) is 5.51. The van der Waals surface area contributed by atoms with E-state index in [0.29, 0.717) is 11.6 Å². The van der Waals surface area contributed by atoms with Crippen LogP contribution < -0.4 is 5.32 Å². The molecule has 16 heavy (non-hydrogen) atoms. The Labute approximate surface area is 109 Å². The topological polar surface area (TPSA) is 54.9 Å². The average molecular weight is 318 g/mol. The number of nitrogens with one attached hydrogen (secondary N) is 1. The van der Waals surface area contributed by atoms with Crippen LogP contribution in [0.5, 0.6) is 0 Å². The van der Waals surface area contributed by atoms with Crippen LogP contribution in [0.2, 0.25) is 0 Å². The van der Waals surface area contributed by atoms with E-state index in [2.05, 4.69) is 31.4 Å². The maximum absolute atomic E-state index is 11.5. The Morgan fingerprint density at radius 1 is 1.50 bits per heavy atom. The monoisotopic (exact) mass is 317 g/mol. The van der Waals surface area contributed by atoms with Crippen molar-refractivity contribution < 1.29 is 4.79 Å². The number of aryl methyl sites for hydroxylation is 1. The maximum atomic E-state index is 11.5. The number of rotatable bonds is 4. The first-order valence-electron chi connectivity index (χ1n) is 4.53. The highest BCUT2D eigenvalue weighted by molar-refractivity contribution is 9.10. The highest BCUT2D eigenvalue weighted by Crippen LogP contribution is 2.21. The molecule has 2 rings (SSSR count). The van der Waals surface area contributed by atoms with Gasteiger partial charge in [-0.15, -0.1) is 21.5 Å². The number of halogens is 1. The van der Waals surface area contributed by atoms with Crippen LogP contribution in [0.3, 0.4) is 0 Å². The van der Waals surface area contributed by atoms with E-state index in [1.54, 1.807) is 16.8 Å². The third kappa shape index (κ3) is 3.36. The van der Waals surface area contributed by atoms with Gasteiger partial charge in [-0.25, -0.2) is 0 Å². The van der Waals surface area contributed by atoms with Crippen LogP contribution in [-0.4, -0.2) is 16.1 Å².